The number of carbonyl (C=O) groups excluding carboxylic acids is 1. The SMILES string of the molecule is C/C(=N/N=C1/NC(=O)[C@H](Cc2cc(Cl)ccc2Cl)S1)c1ccc(C)cc1. The molecule has 1 aliphatic heterocycles. The van der Waals surface area contributed by atoms with Crippen LogP contribution in [-0.4, -0.2) is 22.0 Å². The Balaban J connectivity index is 1.70. The lowest BCUT2D eigenvalue weighted by atomic mass is 10.1. The third kappa shape index (κ3) is 4.67. The number of hydrogen-bond donors (Lipinski definition) is 1. The molecule has 1 N–H and O–H groups in total. The highest BCUT2D eigenvalue weighted by Gasteiger charge is 2.31. The second kappa shape index (κ2) is 8.25. The summed E-state index contributed by atoms with van der Waals surface area (Å²) in [6.07, 6.45) is 0.482. The minimum atomic E-state index is -0.306. The number of thioether (sulfide) groups is 1. The fraction of sp³-hybridized carbons (Fsp3) is 0.211. The van der Waals surface area contributed by atoms with E-state index in [0.717, 1.165) is 16.8 Å². The normalized spacial score (nSPS) is 19.1. The zero-order chi connectivity index (χ0) is 18.7. The summed E-state index contributed by atoms with van der Waals surface area (Å²) >= 11 is 13.5. The molecule has 134 valence electrons. The lowest BCUT2D eigenvalue weighted by Gasteiger charge is -2.07. The van der Waals surface area contributed by atoms with Gasteiger partial charge in [0.05, 0.1) is 11.0 Å². The van der Waals surface area contributed by atoms with Gasteiger partial charge in [0, 0.05) is 10.0 Å². The van der Waals surface area contributed by atoms with Crippen LogP contribution in [0.4, 0.5) is 0 Å². The van der Waals surface area contributed by atoms with Crippen molar-refractivity contribution in [3.05, 3.63) is 69.2 Å². The number of nitrogens with one attached hydrogen (secondary N) is 1. The Morgan fingerprint density at radius 3 is 2.65 bits per heavy atom. The molecule has 4 nitrogen and oxygen atoms in total. The quantitative estimate of drug-likeness (QED) is 0.583. The summed E-state index contributed by atoms with van der Waals surface area (Å²) in [6.45, 7) is 3.92. The Labute approximate surface area is 166 Å². The van der Waals surface area contributed by atoms with Crippen LogP contribution in [0.3, 0.4) is 0 Å². The molecule has 2 aromatic rings. The van der Waals surface area contributed by atoms with Crippen molar-refractivity contribution < 1.29 is 4.79 Å². The van der Waals surface area contributed by atoms with E-state index in [1.54, 1.807) is 18.2 Å². The Morgan fingerprint density at radius 2 is 1.92 bits per heavy atom. The fourth-order valence-electron chi connectivity index (χ4n) is 2.46. The van der Waals surface area contributed by atoms with E-state index in [0.29, 0.717) is 21.6 Å². The van der Waals surface area contributed by atoms with Crippen molar-refractivity contribution in [2.75, 3.05) is 0 Å². The molecule has 3 rings (SSSR count). The molecule has 1 atom stereocenters. The van der Waals surface area contributed by atoms with Crippen molar-refractivity contribution in [2.24, 2.45) is 10.2 Å². The maximum Gasteiger partial charge on any atom is 0.239 e. The predicted octanol–water partition coefficient (Wildman–Crippen LogP) is 4.86. The largest absolute Gasteiger partial charge is 0.303 e. The van der Waals surface area contributed by atoms with Gasteiger partial charge >= 0.3 is 0 Å². The zero-order valence-electron chi connectivity index (χ0n) is 14.3. The van der Waals surface area contributed by atoms with Gasteiger partial charge in [-0.3, -0.25) is 4.79 Å². The summed E-state index contributed by atoms with van der Waals surface area (Å²) in [5.41, 5.74) is 3.81. The summed E-state index contributed by atoms with van der Waals surface area (Å²) in [5, 5.41) is 12.6. The first kappa shape index (κ1) is 19.0. The average Bonchev–Trinajstić information content (AvgIpc) is 2.96. The van der Waals surface area contributed by atoms with Crippen molar-refractivity contribution >= 4 is 51.8 Å². The monoisotopic (exact) mass is 405 g/mol. The number of amides is 1. The number of rotatable bonds is 4. The van der Waals surface area contributed by atoms with E-state index in [9.17, 15) is 4.79 Å². The molecule has 1 amide bonds. The van der Waals surface area contributed by atoms with Gasteiger partial charge in [0.2, 0.25) is 5.91 Å². The summed E-state index contributed by atoms with van der Waals surface area (Å²) < 4.78 is 0. The zero-order valence-corrected chi connectivity index (χ0v) is 16.6. The standard InChI is InChI=1S/C19H17Cl2N3OS/c1-11-3-5-13(6-4-11)12(2)23-24-19-22-18(25)17(26-19)10-14-9-15(20)7-8-16(14)21/h3-9,17H,10H2,1-2H3,(H,22,24,25)/b23-12-/t17-/m0/s1. The minimum Gasteiger partial charge on any atom is -0.303 e. The molecular weight excluding hydrogens is 389 g/mol. The molecule has 0 radical (unpaired) electrons. The number of carbonyl (C=O) groups is 1. The molecule has 0 aromatic heterocycles. The summed E-state index contributed by atoms with van der Waals surface area (Å²) in [4.78, 5) is 12.2. The van der Waals surface area contributed by atoms with E-state index in [1.165, 1.54) is 17.3 Å². The van der Waals surface area contributed by atoms with Crippen molar-refractivity contribution in [3.8, 4) is 0 Å². The predicted molar refractivity (Wildman–Crippen MR) is 111 cm³/mol. The molecule has 0 unspecified atom stereocenters. The lowest BCUT2D eigenvalue weighted by Crippen LogP contribution is -2.26. The molecule has 0 aliphatic carbocycles. The molecule has 1 fully saturated rings. The first-order valence-electron chi connectivity index (χ1n) is 8.03. The number of hydrogen-bond acceptors (Lipinski definition) is 4. The van der Waals surface area contributed by atoms with Gasteiger partial charge in [-0.2, -0.15) is 5.10 Å². The van der Waals surface area contributed by atoms with Crippen molar-refractivity contribution in [2.45, 2.75) is 25.5 Å². The van der Waals surface area contributed by atoms with Crippen LogP contribution in [0.15, 0.2) is 52.7 Å². The molecule has 0 spiro atoms. The molecule has 0 saturated carbocycles. The van der Waals surface area contributed by atoms with E-state index in [1.807, 2.05) is 38.1 Å². The molecule has 7 heteroatoms. The highest BCUT2D eigenvalue weighted by molar-refractivity contribution is 8.15. The lowest BCUT2D eigenvalue weighted by molar-refractivity contribution is -0.118. The van der Waals surface area contributed by atoms with Gasteiger partial charge in [-0.05, 0) is 49.6 Å². The van der Waals surface area contributed by atoms with E-state index in [2.05, 4.69) is 15.5 Å². The van der Waals surface area contributed by atoms with Gasteiger partial charge in [0.25, 0.3) is 0 Å². The van der Waals surface area contributed by atoms with Gasteiger partial charge < -0.3 is 5.32 Å². The molecule has 1 heterocycles. The third-order valence-electron chi connectivity index (χ3n) is 3.95. The topological polar surface area (TPSA) is 53.8 Å². The van der Waals surface area contributed by atoms with Crippen molar-refractivity contribution in [1.82, 2.24) is 5.32 Å². The van der Waals surface area contributed by atoms with Crippen molar-refractivity contribution in [3.63, 3.8) is 0 Å². The van der Waals surface area contributed by atoms with Crippen LogP contribution in [0.2, 0.25) is 10.0 Å². The van der Waals surface area contributed by atoms with E-state index in [4.69, 9.17) is 23.2 Å². The average molecular weight is 406 g/mol. The maximum atomic E-state index is 12.2. The van der Waals surface area contributed by atoms with Crippen LogP contribution in [-0.2, 0) is 11.2 Å². The number of halogens is 2. The van der Waals surface area contributed by atoms with Crippen LogP contribution in [0.5, 0.6) is 0 Å². The van der Waals surface area contributed by atoms with Gasteiger partial charge in [-0.15, -0.1) is 5.10 Å². The Bertz CT molecular complexity index is 894. The third-order valence-corrected chi connectivity index (χ3v) is 5.63. The smallest absolute Gasteiger partial charge is 0.239 e. The number of amidine groups is 1. The fourth-order valence-corrected chi connectivity index (χ4v) is 3.79. The Hall–Kier alpha value is -1.82. The highest BCUT2D eigenvalue weighted by atomic mass is 35.5. The van der Waals surface area contributed by atoms with Crippen LogP contribution in [0.25, 0.3) is 0 Å². The number of aryl methyl sites for hydroxylation is 1. The van der Waals surface area contributed by atoms with Gasteiger partial charge in [-0.1, -0.05) is 64.8 Å². The minimum absolute atomic E-state index is 0.104. The number of nitrogens with zero attached hydrogens (tertiary/aromatic N) is 2. The first-order chi connectivity index (χ1) is 12.4. The Morgan fingerprint density at radius 1 is 1.19 bits per heavy atom. The summed E-state index contributed by atoms with van der Waals surface area (Å²) in [5.74, 6) is -0.104. The molecular formula is C19H17Cl2N3OS. The molecule has 26 heavy (non-hydrogen) atoms. The second-order valence-corrected chi connectivity index (χ2v) is 8.03. The molecule has 1 saturated heterocycles. The van der Waals surface area contributed by atoms with Crippen LogP contribution in [0.1, 0.15) is 23.6 Å². The summed E-state index contributed by atoms with van der Waals surface area (Å²) in [6, 6.07) is 13.3. The maximum absolute atomic E-state index is 12.2. The van der Waals surface area contributed by atoms with E-state index < -0.39 is 0 Å². The van der Waals surface area contributed by atoms with Gasteiger partial charge in [0.15, 0.2) is 5.17 Å². The van der Waals surface area contributed by atoms with Crippen molar-refractivity contribution in [1.29, 1.82) is 0 Å². The van der Waals surface area contributed by atoms with Gasteiger partial charge in [0.1, 0.15) is 0 Å². The molecule has 0 bridgehead atoms. The first-order valence-corrected chi connectivity index (χ1v) is 9.66. The van der Waals surface area contributed by atoms with Crippen LogP contribution >= 0.6 is 35.0 Å². The second-order valence-electron chi connectivity index (χ2n) is 5.99. The summed E-state index contributed by atoms with van der Waals surface area (Å²) in [7, 11) is 0. The molecule has 2 aromatic carbocycles. The van der Waals surface area contributed by atoms with Crippen LogP contribution < -0.4 is 5.32 Å². The highest BCUT2D eigenvalue weighted by Crippen LogP contribution is 2.28. The van der Waals surface area contributed by atoms with E-state index >= 15 is 0 Å². The van der Waals surface area contributed by atoms with E-state index in [-0.39, 0.29) is 11.2 Å². The van der Waals surface area contributed by atoms with Gasteiger partial charge in [-0.25, -0.2) is 0 Å². The number of benzene rings is 2. The van der Waals surface area contributed by atoms with Crippen LogP contribution in [0, 0.1) is 6.92 Å². The molecule has 1 aliphatic rings. The Kier molecular flexibility index (Phi) is 6.01.